The van der Waals surface area contributed by atoms with Crippen LogP contribution in [0.2, 0.25) is 0 Å². The number of aryl methyl sites for hydroxylation is 2. The fourth-order valence-corrected chi connectivity index (χ4v) is 3.93. The number of fused-ring (bicyclic) bond motifs is 1. The molecule has 0 spiro atoms. The van der Waals surface area contributed by atoms with E-state index in [2.05, 4.69) is 9.71 Å². The van der Waals surface area contributed by atoms with Crippen LogP contribution in [-0.4, -0.2) is 13.4 Å². The van der Waals surface area contributed by atoms with Crippen molar-refractivity contribution >= 4 is 20.9 Å². The van der Waals surface area contributed by atoms with E-state index >= 15 is 0 Å². The largest absolute Gasteiger partial charge is 0.322 e. The molecule has 0 amide bonds. The highest BCUT2D eigenvalue weighted by Crippen LogP contribution is 2.14. The third-order valence-electron chi connectivity index (χ3n) is 4.17. The maximum Gasteiger partial charge on any atom is 0.252 e. The molecule has 6 heteroatoms. The Labute approximate surface area is 146 Å². The van der Waals surface area contributed by atoms with Crippen LogP contribution in [-0.2, 0) is 22.3 Å². The van der Waals surface area contributed by atoms with Crippen LogP contribution in [0.1, 0.15) is 22.3 Å². The molecule has 5 nitrogen and oxygen atoms in total. The van der Waals surface area contributed by atoms with Gasteiger partial charge in [0.1, 0.15) is 0 Å². The molecule has 0 unspecified atom stereocenters. The summed E-state index contributed by atoms with van der Waals surface area (Å²) in [6.07, 6.45) is 0. The number of rotatable bonds is 5. The molecule has 2 aromatic carbocycles. The van der Waals surface area contributed by atoms with Gasteiger partial charge in [0.2, 0.25) is 10.0 Å². The maximum absolute atomic E-state index is 12.3. The molecular formula is C19H20N2O3S. The van der Waals surface area contributed by atoms with Crippen molar-refractivity contribution < 1.29 is 8.42 Å². The summed E-state index contributed by atoms with van der Waals surface area (Å²) >= 11 is 0. The Kier molecular flexibility index (Phi) is 4.74. The summed E-state index contributed by atoms with van der Waals surface area (Å²) in [7, 11) is -3.54. The standard InChI is InChI=1S/C19H20N2O3S/c1-13-7-8-18-16(9-13)10-17(19(22)21-18)11-20-25(23,24)12-15-6-4-3-5-14(15)2/h3-10,20H,11-12H2,1-2H3,(H,21,22). The maximum atomic E-state index is 12.3. The van der Waals surface area contributed by atoms with E-state index in [1.54, 1.807) is 12.1 Å². The Bertz CT molecular complexity index is 1090. The van der Waals surface area contributed by atoms with Gasteiger partial charge in [-0.1, -0.05) is 35.9 Å². The number of hydrogen-bond donors (Lipinski definition) is 2. The van der Waals surface area contributed by atoms with E-state index in [4.69, 9.17) is 0 Å². The molecular weight excluding hydrogens is 336 g/mol. The van der Waals surface area contributed by atoms with E-state index in [-0.39, 0.29) is 17.9 Å². The third kappa shape index (κ3) is 4.15. The summed E-state index contributed by atoms with van der Waals surface area (Å²) in [6, 6.07) is 14.8. The van der Waals surface area contributed by atoms with Gasteiger partial charge < -0.3 is 4.98 Å². The average molecular weight is 356 g/mol. The summed E-state index contributed by atoms with van der Waals surface area (Å²) in [6.45, 7) is 3.81. The lowest BCUT2D eigenvalue weighted by atomic mass is 10.1. The van der Waals surface area contributed by atoms with Crippen LogP contribution in [0, 0.1) is 13.8 Å². The van der Waals surface area contributed by atoms with Crippen molar-refractivity contribution in [3.8, 4) is 0 Å². The Hall–Kier alpha value is -2.44. The van der Waals surface area contributed by atoms with Crippen molar-refractivity contribution in [1.29, 1.82) is 0 Å². The summed E-state index contributed by atoms with van der Waals surface area (Å²) < 4.78 is 27.2. The SMILES string of the molecule is Cc1ccc2[nH]c(=O)c(CNS(=O)(=O)Cc3ccccc3C)cc2c1. The van der Waals surface area contributed by atoms with Gasteiger partial charge in [-0.05, 0) is 48.6 Å². The minimum atomic E-state index is -3.54. The van der Waals surface area contributed by atoms with Gasteiger partial charge in [0.05, 0.1) is 5.75 Å². The average Bonchev–Trinajstić information content (AvgIpc) is 2.55. The van der Waals surface area contributed by atoms with Crippen LogP contribution in [0.4, 0.5) is 0 Å². The van der Waals surface area contributed by atoms with Gasteiger partial charge in [-0.3, -0.25) is 4.79 Å². The van der Waals surface area contributed by atoms with E-state index in [1.165, 1.54) is 0 Å². The molecule has 0 aliphatic heterocycles. The Morgan fingerprint density at radius 1 is 1.00 bits per heavy atom. The molecule has 1 aromatic heterocycles. The van der Waals surface area contributed by atoms with Gasteiger partial charge in [0.15, 0.2) is 0 Å². The number of sulfonamides is 1. The summed E-state index contributed by atoms with van der Waals surface area (Å²) in [4.78, 5) is 14.9. The third-order valence-corrected chi connectivity index (χ3v) is 5.44. The van der Waals surface area contributed by atoms with Crippen LogP contribution in [0.15, 0.2) is 53.3 Å². The lowest BCUT2D eigenvalue weighted by Gasteiger charge is -2.09. The van der Waals surface area contributed by atoms with Gasteiger partial charge >= 0.3 is 0 Å². The number of aromatic nitrogens is 1. The molecule has 0 aliphatic carbocycles. The van der Waals surface area contributed by atoms with Crippen molar-refractivity contribution in [2.75, 3.05) is 0 Å². The van der Waals surface area contributed by atoms with Crippen molar-refractivity contribution in [3.05, 3.63) is 81.1 Å². The molecule has 2 N–H and O–H groups in total. The van der Waals surface area contributed by atoms with E-state index in [0.717, 1.165) is 27.6 Å². The summed E-state index contributed by atoms with van der Waals surface area (Å²) in [5.41, 5.74) is 3.60. The van der Waals surface area contributed by atoms with Crippen molar-refractivity contribution in [1.82, 2.24) is 9.71 Å². The predicted octanol–water partition coefficient (Wildman–Crippen LogP) is 2.76. The number of aromatic amines is 1. The highest BCUT2D eigenvalue weighted by Gasteiger charge is 2.14. The van der Waals surface area contributed by atoms with Gasteiger partial charge in [-0.15, -0.1) is 0 Å². The van der Waals surface area contributed by atoms with Crippen molar-refractivity contribution in [2.45, 2.75) is 26.1 Å². The molecule has 0 fully saturated rings. The molecule has 0 radical (unpaired) electrons. The number of pyridine rings is 1. The molecule has 0 saturated heterocycles. The van der Waals surface area contributed by atoms with Crippen LogP contribution in [0.25, 0.3) is 10.9 Å². The summed E-state index contributed by atoms with van der Waals surface area (Å²) in [5, 5.41) is 0.882. The first kappa shape index (κ1) is 17.4. The molecule has 130 valence electrons. The first-order valence-corrected chi connectivity index (χ1v) is 9.64. The quantitative estimate of drug-likeness (QED) is 0.738. The fraction of sp³-hybridized carbons (Fsp3) is 0.211. The molecule has 0 bridgehead atoms. The zero-order valence-electron chi connectivity index (χ0n) is 14.2. The molecule has 3 aromatic rings. The monoisotopic (exact) mass is 356 g/mol. The Morgan fingerprint density at radius 2 is 1.76 bits per heavy atom. The van der Waals surface area contributed by atoms with Crippen LogP contribution in [0.5, 0.6) is 0 Å². The highest BCUT2D eigenvalue weighted by molar-refractivity contribution is 7.88. The zero-order chi connectivity index (χ0) is 18.0. The highest BCUT2D eigenvalue weighted by atomic mass is 32.2. The molecule has 25 heavy (non-hydrogen) atoms. The van der Waals surface area contributed by atoms with Crippen molar-refractivity contribution in [3.63, 3.8) is 0 Å². The first-order chi connectivity index (χ1) is 11.8. The topological polar surface area (TPSA) is 79.0 Å². The van der Waals surface area contributed by atoms with Crippen LogP contribution < -0.4 is 10.3 Å². The molecule has 0 atom stereocenters. The minimum Gasteiger partial charge on any atom is -0.322 e. The lowest BCUT2D eigenvalue weighted by molar-refractivity contribution is 0.580. The van der Waals surface area contributed by atoms with E-state index < -0.39 is 10.0 Å². The van der Waals surface area contributed by atoms with Crippen LogP contribution >= 0.6 is 0 Å². The minimum absolute atomic E-state index is 0.0343. The lowest BCUT2D eigenvalue weighted by Crippen LogP contribution is -2.28. The molecule has 0 saturated carbocycles. The number of hydrogen-bond acceptors (Lipinski definition) is 3. The second-order valence-electron chi connectivity index (χ2n) is 6.22. The molecule has 0 aliphatic rings. The Balaban J connectivity index is 1.81. The zero-order valence-corrected chi connectivity index (χ0v) is 15.0. The first-order valence-electron chi connectivity index (χ1n) is 7.98. The molecule has 3 rings (SSSR count). The van der Waals surface area contributed by atoms with E-state index in [9.17, 15) is 13.2 Å². The predicted molar refractivity (Wildman–Crippen MR) is 99.9 cm³/mol. The van der Waals surface area contributed by atoms with E-state index in [0.29, 0.717) is 5.56 Å². The normalized spacial score (nSPS) is 11.8. The van der Waals surface area contributed by atoms with Gasteiger partial charge in [-0.2, -0.15) is 0 Å². The number of H-pyrrole nitrogens is 1. The van der Waals surface area contributed by atoms with E-state index in [1.807, 2.05) is 50.2 Å². The number of nitrogens with one attached hydrogen (secondary N) is 2. The van der Waals surface area contributed by atoms with Crippen molar-refractivity contribution in [2.24, 2.45) is 0 Å². The second-order valence-corrected chi connectivity index (χ2v) is 8.03. The van der Waals surface area contributed by atoms with Gasteiger partial charge in [-0.25, -0.2) is 13.1 Å². The summed E-state index contributed by atoms with van der Waals surface area (Å²) in [5.74, 6) is -0.107. The van der Waals surface area contributed by atoms with Gasteiger partial charge in [0, 0.05) is 17.6 Å². The second kappa shape index (κ2) is 6.82. The molecule has 1 heterocycles. The fourth-order valence-electron chi connectivity index (χ4n) is 2.72. The van der Waals surface area contributed by atoms with Crippen LogP contribution in [0.3, 0.4) is 0 Å². The number of benzene rings is 2. The van der Waals surface area contributed by atoms with Gasteiger partial charge in [0.25, 0.3) is 5.56 Å². The Morgan fingerprint density at radius 3 is 2.52 bits per heavy atom. The smallest absolute Gasteiger partial charge is 0.252 e.